The van der Waals surface area contributed by atoms with Gasteiger partial charge in [0.2, 0.25) is 5.95 Å². The van der Waals surface area contributed by atoms with E-state index in [0.717, 1.165) is 75.7 Å². The minimum atomic E-state index is 0.0688. The molecule has 2 aliphatic heterocycles. The van der Waals surface area contributed by atoms with Crippen LogP contribution in [0.2, 0.25) is 0 Å². The van der Waals surface area contributed by atoms with Crippen LogP contribution < -0.4 is 10.1 Å². The van der Waals surface area contributed by atoms with Crippen LogP contribution in [0.15, 0.2) is 77.9 Å². The van der Waals surface area contributed by atoms with E-state index in [9.17, 15) is 4.79 Å². The monoisotopic (exact) mass is 658 g/mol. The van der Waals surface area contributed by atoms with Gasteiger partial charge in [-0.2, -0.15) is 0 Å². The topological polar surface area (TPSA) is 83.0 Å². The first-order valence-electron chi connectivity index (χ1n) is 13.6. The van der Waals surface area contributed by atoms with Gasteiger partial charge in [0.25, 0.3) is 5.91 Å². The first-order chi connectivity index (χ1) is 20.0. The number of rotatable bonds is 6. The van der Waals surface area contributed by atoms with Crippen molar-refractivity contribution in [3.63, 3.8) is 0 Å². The molecule has 41 heavy (non-hydrogen) atoms. The van der Waals surface area contributed by atoms with Gasteiger partial charge < -0.3 is 19.9 Å². The van der Waals surface area contributed by atoms with Crippen molar-refractivity contribution in [3.05, 3.63) is 101 Å². The number of fused-ring (bicyclic) bond motifs is 3. The van der Waals surface area contributed by atoms with Crippen LogP contribution in [0, 0.1) is 0 Å². The molecule has 2 aliphatic rings. The summed E-state index contributed by atoms with van der Waals surface area (Å²) in [6.45, 7) is 3.76. The number of carbonyl (C=O) groups excluding carboxylic acids is 1. The van der Waals surface area contributed by atoms with Gasteiger partial charge in [-0.15, -0.1) is 0 Å². The summed E-state index contributed by atoms with van der Waals surface area (Å²) >= 11 is 2.39. The number of para-hydroxylation sites is 1. The lowest BCUT2D eigenvalue weighted by Crippen LogP contribution is -2.47. The van der Waals surface area contributed by atoms with E-state index in [1.54, 1.807) is 7.11 Å². The quantitative estimate of drug-likeness (QED) is 0.216. The Kier molecular flexibility index (Phi) is 7.97. The third kappa shape index (κ3) is 5.69. The molecule has 8 nitrogen and oxygen atoms in total. The normalized spacial score (nSPS) is 14.9. The first-order valence-corrected chi connectivity index (χ1v) is 15.1. The fourth-order valence-electron chi connectivity index (χ4n) is 5.23. The molecule has 0 radical (unpaired) electrons. The second-order valence-electron chi connectivity index (χ2n) is 10.2. The lowest BCUT2D eigenvalue weighted by molar-refractivity contribution is 0.0664. The van der Waals surface area contributed by atoms with E-state index in [-0.39, 0.29) is 5.91 Å². The number of benzene rings is 3. The number of nitrogens with one attached hydrogen (secondary N) is 1. The zero-order valence-electron chi connectivity index (χ0n) is 23.1. The van der Waals surface area contributed by atoms with E-state index in [1.165, 1.54) is 5.56 Å². The van der Waals surface area contributed by atoms with Crippen molar-refractivity contribution in [2.45, 2.75) is 11.0 Å². The Labute approximate surface area is 253 Å². The highest BCUT2D eigenvalue weighted by atomic mass is 127. The summed E-state index contributed by atoms with van der Waals surface area (Å²) in [6, 6.07) is 22.0. The molecule has 6 rings (SSSR count). The maximum atomic E-state index is 12.9. The number of aromatic nitrogens is 2. The molecule has 1 amide bonds. The van der Waals surface area contributed by atoms with Crippen LogP contribution in [0.5, 0.6) is 5.75 Å². The van der Waals surface area contributed by atoms with Gasteiger partial charge in [-0.05, 0) is 55.1 Å². The molecular weight excluding hydrogens is 627 g/mol. The molecular formula is C32H31IN6O2. The van der Waals surface area contributed by atoms with Crippen molar-refractivity contribution in [3.8, 4) is 17.0 Å². The number of carbonyl (C=O) groups is 1. The molecule has 208 valence electrons. The Morgan fingerprint density at radius 3 is 2.51 bits per heavy atom. The van der Waals surface area contributed by atoms with E-state index in [2.05, 4.69) is 63.0 Å². The van der Waals surface area contributed by atoms with Crippen molar-refractivity contribution < 1.29 is 9.53 Å². The highest BCUT2D eigenvalue weighted by molar-refractivity contribution is 14.1. The number of methoxy groups -OCH3 is 1. The Hall–Kier alpha value is -3.83. The average Bonchev–Trinajstić information content (AvgIpc) is 3.17. The zero-order valence-corrected chi connectivity index (χ0v) is 25.3. The number of halogens is 1. The third-order valence-electron chi connectivity index (χ3n) is 7.56. The van der Waals surface area contributed by atoms with E-state index in [0.29, 0.717) is 18.1 Å². The van der Waals surface area contributed by atoms with Crippen molar-refractivity contribution >= 4 is 45.8 Å². The fraction of sp³-hybridized carbons (Fsp3) is 0.250. The van der Waals surface area contributed by atoms with Crippen LogP contribution in [0.1, 0.15) is 32.6 Å². The summed E-state index contributed by atoms with van der Waals surface area (Å²) in [4.78, 5) is 31.7. The molecule has 1 N–H and O–H groups in total. The Balaban J connectivity index is 1.29. The molecule has 9 heteroatoms. The molecule has 0 unspecified atom stereocenters. The predicted octanol–water partition coefficient (Wildman–Crippen LogP) is 5.57. The van der Waals surface area contributed by atoms with Gasteiger partial charge in [-0.3, -0.25) is 9.79 Å². The first kappa shape index (κ1) is 27.3. The number of likely N-dealkylation sites (N-methyl/N-ethyl adjacent to an activating group) is 1. The molecule has 0 saturated carbocycles. The maximum absolute atomic E-state index is 12.9. The van der Waals surface area contributed by atoms with Gasteiger partial charge in [0.05, 0.1) is 25.1 Å². The Bertz CT molecular complexity index is 1610. The van der Waals surface area contributed by atoms with Crippen LogP contribution in [0.3, 0.4) is 0 Å². The highest BCUT2D eigenvalue weighted by Gasteiger charge is 2.24. The highest BCUT2D eigenvalue weighted by Crippen LogP contribution is 2.35. The van der Waals surface area contributed by atoms with Crippen molar-refractivity contribution in [1.82, 2.24) is 19.8 Å². The number of aliphatic imine (C=N–C) groups is 1. The number of ether oxygens (including phenoxy) is 1. The van der Waals surface area contributed by atoms with Gasteiger partial charge in [-0.25, -0.2) is 9.97 Å². The summed E-state index contributed by atoms with van der Waals surface area (Å²) in [6.07, 6.45) is 1.85. The number of anilines is 2. The standard InChI is InChI=1S/C32H31IN6O2/c1-38-13-15-39(16-14-38)31(40)22-8-10-24(11-9-22)36-32-35-20-23-19-34-30(26-5-3-4-6-28(26)41-2)27-17-21(18-33)7-12-25(27)29(23)37-32/h3-12,17,20H,13-16,18-19H2,1-2H3,(H,35,36,37). The number of hydrogen-bond donors (Lipinski definition) is 1. The molecule has 3 heterocycles. The van der Waals surface area contributed by atoms with Crippen molar-refractivity contribution in [1.29, 1.82) is 0 Å². The van der Waals surface area contributed by atoms with E-state index in [1.807, 2.05) is 59.6 Å². The van der Waals surface area contributed by atoms with Gasteiger partial charge in [0.15, 0.2) is 0 Å². The number of piperazine rings is 1. The molecule has 0 atom stereocenters. The molecule has 1 saturated heterocycles. The minimum Gasteiger partial charge on any atom is -0.496 e. The van der Waals surface area contributed by atoms with Crippen LogP contribution >= 0.6 is 22.6 Å². The maximum Gasteiger partial charge on any atom is 0.253 e. The second-order valence-corrected chi connectivity index (χ2v) is 11.0. The SMILES string of the molecule is COc1ccccc1C1=NCc2cnc(Nc3ccc(C(=O)N4CCN(C)CC4)cc3)nc2-c2ccc(CI)cc21. The molecule has 0 aliphatic carbocycles. The van der Waals surface area contributed by atoms with Crippen molar-refractivity contribution in [2.75, 3.05) is 45.7 Å². The number of amides is 1. The summed E-state index contributed by atoms with van der Waals surface area (Å²) in [7, 11) is 3.77. The molecule has 4 aromatic rings. The smallest absolute Gasteiger partial charge is 0.253 e. The number of alkyl halides is 1. The Morgan fingerprint density at radius 1 is 0.976 bits per heavy atom. The molecule has 1 aromatic heterocycles. The zero-order chi connectivity index (χ0) is 28.3. The number of nitrogens with zero attached hydrogens (tertiary/aromatic N) is 5. The molecule has 1 fully saturated rings. The Morgan fingerprint density at radius 2 is 1.76 bits per heavy atom. The summed E-state index contributed by atoms with van der Waals surface area (Å²) < 4.78 is 6.58. The second kappa shape index (κ2) is 12.0. The number of hydrogen-bond acceptors (Lipinski definition) is 7. The summed E-state index contributed by atoms with van der Waals surface area (Å²) in [5, 5.41) is 3.33. The van der Waals surface area contributed by atoms with Crippen LogP contribution in [-0.2, 0) is 11.0 Å². The van der Waals surface area contributed by atoms with Crippen molar-refractivity contribution in [2.24, 2.45) is 4.99 Å². The van der Waals surface area contributed by atoms with Gasteiger partial charge >= 0.3 is 0 Å². The van der Waals surface area contributed by atoms with E-state index >= 15 is 0 Å². The lowest BCUT2D eigenvalue weighted by Gasteiger charge is -2.32. The van der Waals surface area contributed by atoms with Gasteiger partial charge in [-0.1, -0.05) is 46.9 Å². The van der Waals surface area contributed by atoms with Crippen LogP contribution in [-0.4, -0.2) is 71.7 Å². The predicted molar refractivity (Wildman–Crippen MR) is 171 cm³/mol. The fourth-order valence-corrected chi connectivity index (χ4v) is 5.70. The van der Waals surface area contributed by atoms with Crippen LogP contribution in [0.25, 0.3) is 11.3 Å². The summed E-state index contributed by atoms with van der Waals surface area (Å²) in [5.74, 6) is 1.34. The van der Waals surface area contributed by atoms with E-state index < -0.39 is 0 Å². The van der Waals surface area contributed by atoms with Gasteiger partial charge in [0, 0.05) is 70.3 Å². The van der Waals surface area contributed by atoms with E-state index in [4.69, 9.17) is 14.7 Å². The summed E-state index contributed by atoms with van der Waals surface area (Å²) in [5.41, 5.74) is 8.40. The average molecular weight is 659 g/mol. The van der Waals surface area contributed by atoms with Gasteiger partial charge in [0.1, 0.15) is 5.75 Å². The van der Waals surface area contributed by atoms with Crippen LogP contribution in [0.4, 0.5) is 11.6 Å². The molecule has 0 bridgehead atoms. The third-order valence-corrected chi connectivity index (χ3v) is 8.44. The minimum absolute atomic E-state index is 0.0688. The molecule has 3 aromatic carbocycles. The molecule has 0 spiro atoms. The largest absolute Gasteiger partial charge is 0.496 e. The lowest BCUT2D eigenvalue weighted by atomic mass is 9.93.